The van der Waals surface area contributed by atoms with Crippen molar-refractivity contribution < 1.29 is 18.3 Å². The number of methoxy groups -OCH3 is 1. The molecule has 8 heteroatoms. The molecule has 1 aliphatic heterocycles. The number of halogens is 3. The number of hydrogen-bond donors (Lipinski definition) is 1. The summed E-state index contributed by atoms with van der Waals surface area (Å²) < 4.78 is 34.4. The zero-order chi connectivity index (χ0) is 24.9. The van der Waals surface area contributed by atoms with Gasteiger partial charge in [0.15, 0.2) is 11.6 Å². The number of fused-ring (bicyclic) bond motifs is 1. The van der Waals surface area contributed by atoms with Crippen molar-refractivity contribution in [3.05, 3.63) is 82.1 Å². The van der Waals surface area contributed by atoms with Crippen LogP contribution in [0.1, 0.15) is 41.5 Å². The van der Waals surface area contributed by atoms with Crippen LogP contribution >= 0.6 is 11.6 Å². The van der Waals surface area contributed by atoms with Crippen LogP contribution in [0.15, 0.2) is 48.5 Å². The molecule has 180 valence electrons. The Bertz CT molecular complexity index is 1450. The lowest BCUT2D eigenvalue weighted by Gasteiger charge is -2.34. The van der Waals surface area contributed by atoms with Crippen LogP contribution in [-0.4, -0.2) is 34.4 Å². The molecule has 0 aliphatic carbocycles. The topological polar surface area (TPSA) is 58.2 Å². The van der Waals surface area contributed by atoms with Crippen molar-refractivity contribution in [2.24, 2.45) is 0 Å². The number of aromatic nitrogens is 2. The molecule has 1 aliphatic rings. The maximum atomic E-state index is 15.6. The number of H-pyrrole nitrogens is 1. The van der Waals surface area contributed by atoms with Crippen molar-refractivity contribution in [3.63, 3.8) is 0 Å². The first kappa shape index (κ1) is 23.3. The van der Waals surface area contributed by atoms with Gasteiger partial charge >= 0.3 is 0 Å². The summed E-state index contributed by atoms with van der Waals surface area (Å²) in [6.07, 6.45) is 1.39. The minimum absolute atomic E-state index is 0.0332. The summed E-state index contributed by atoms with van der Waals surface area (Å²) in [7, 11) is 1.35. The van der Waals surface area contributed by atoms with Gasteiger partial charge in [0.1, 0.15) is 11.6 Å². The third-order valence-corrected chi connectivity index (χ3v) is 7.34. The van der Waals surface area contributed by atoms with E-state index in [0.29, 0.717) is 34.9 Å². The minimum atomic E-state index is -0.787. The summed E-state index contributed by atoms with van der Waals surface area (Å²) in [5, 5.41) is 0.613. The first-order chi connectivity index (χ1) is 16.7. The summed E-state index contributed by atoms with van der Waals surface area (Å²) >= 11 is 6.29. The van der Waals surface area contributed by atoms with Crippen molar-refractivity contribution in [3.8, 4) is 16.9 Å². The second-order valence-electron chi connectivity index (χ2n) is 9.00. The summed E-state index contributed by atoms with van der Waals surface area (Å²) in [6, 6.07) is 12.4. The van der Waals surface area contributed by atoms with Crippen molar-refractivity contribution in [1.82, 2.24) is 14.9 Å². The Morgan fingerprint density at radius 3 is 2.60 bits per heavy atom. The van der Waals surface area contributed by atoms with E-state index in [2.05, 4.69) is 4.98 Å². The number of amides is 1. The van der Waals surface area contributed by atoms with E-state index >= 15 is 4.39 Å². The van der Waals surface area contributed by atoms with E-state index in [4.69, 9.17) is 21.3 Å². The van der Waals surface area contributed by atoms with Gasteiger partial charge in [0.2, 0.25) is 0 Å². The van der Waals surface area contributed by atoms with Crippen LogP contribution in [0.3, 0.4) is 0 Å². The van der Waals surface area contributed by atoms with Crippen molar-refractivity contribution >= 4 is 28.5 Å². The van der Waals surface area contributed by atoms with Crippen LogP contribution in [-0.2, 0) is 5.54 Å². The zero-order valence-electron chi connectivity index (χ0n) is 19.6. The van der Waals surface area contributed by atoms with Gasteiger partial charge in [-0.3, -0.25) is 4.79 Å². The van der Waals surface area contributed by atoms with E-state index in [1.165, 1.54) is 37.4 Å². The number of hydrogen-bond acceptors (Lipinski definition) is 3. The lowest BCUT2D eigenvalue weighted by Crippen LogP contribution is -2.44. The summed E-state index contributed by atoms with van der Waals surface area (Å²) in [4.78, 5) is 23.8. The fraction of sp³-hybridized carbons (Fsp3) is 0.259. The average molecular weight is 496 g/mol. The standard InChI is InChI=1S/C27H24ClF2N3O2/c1-15-19(28)10-11-20-24(15)32-26(31-20)27(2)13-4-14-33(27)25(34)22-18(9-12-21(35-3)23(22)30)16-5-7-17(29)8-6-16/h5-12H,4,13-14H2,1-3H3,(H,31,32). The Kier molecular flexibility index (Phi) is 5.75. The Morgan fingerprint density at radius 2 is 1.89 bits per heavy atom. The van der Waals surface area contributed by atoms with E-state index < -0.39 is 23.1 Å². The first-order valence-corrected chi connectivity index (χ1v) is 11.7. The summed E-state index contributed by atoms with van der Waals surface area (Å²) in [5.74, 6) is -1.05. The Morgan fingerprint density at radius 1 is 1.14 bits per heavy atom. The number of aromatic amines is 1. The molecule has 5 nitrogen and oxygen atoms in total. The Balaban J connectivity index is 1.63. The quantitative estimate of drug-likeness (QED) is 0.345. The molecule has 0 radical (unpaired) electrons. The molecule has 0 spiro atoms. The fourth-order valence-electron chi connectivity index (χ4n) is 4.91. The third-order valence-electron chi connectivity index (χ3n) is 6.93. The molecular weight excluding hydrogens is 472 g/mol. The third kappa shape index (κ3) is 3.74. The van der Waals surface area contributed by atoms with Gasteiger partial charge in [-0.05, 0) is 79.8 Å². The van der Waals surface area contributed by atoms with Crippen LogP contribution in [0, 0.1) is 18.6 Å². The normalized spacial score (nSPS) is 17.8. The highest BCUT2D eigenvalue weighted by molar-refractivity contribution is 6.32. The van der Waals surface area contributed by atoms with Crippen molar-refractivity contribution in [2.75, 3.05) is 13.7 Å². The van der Waals surface area contributed by atoms with Crippen LogP contribution in [0.5, 0.6) is 5.75 Å². The average Bonchev–Trinajstić information content (AvgIpc) is 3.47. The number of likely N-dealkylation sites (tertiary alicyclic amines) is 1. The molecule has 5 rings (SSSR count). The number of imidazole rings is 1. The first-order valence-electron chi connectivity index (χ1n) is 11.3. The lowest BCUT2D eigenvalue weighted by molar-refractivity contribution is 0.0601. The smallest absolute Gasteiger partial charge is 0.258 e. The molecule has 0 bridgehead atoms. The lowest BCUT2D eigenvalue weighted by atomic mass is 9.94. The van der Waals surface area contributed by atoms with E-state index in [1.807, 2.05) is 26.0 Å². The Labute approximate surface area is 206 Å². The number of carbonyl (C=O) groups excluding carboxylic acids is 1. The maximum absolute atomic E-state index is 15.6. The minimum Gasteiger partial charge on any atom is -0.494 e. The molecule has 0 saturated carbocycles. The molecule has 1 unspecified atom stereocenters. The number of carbonyl (C=O) groups is 1. The zero-order valence-corrected chi connectivity index (χ0v) is 20.3. The number of aryl methyl sites for hydroxylation is 1. The molecule has 35 heavy (non-hydrogen) atoms. The van der Waals surface area contributed by atoms with Gasteiger partial charge in [-0.15, -0.1) is 0 Å². The van der Waals surface area contributed by atoms with Crippen molar-refractivity contribution in [1.29, 1.82) is 0 Å². The van der Waals surface area contributed by atoms with Gasteiger partial charge in [-0.25, -0.2) is 13.8 Å². The largest absolute Gasteiger partial charge is 0.494 e. The van der Waals surface area contributed by atoms with Crippen molar-refractivity contribution in [2.45, 2.75) is 32.2 Å². The van der Waals surface area contributed by atoms with Gasteiger partial charge in [0.25, 0.3) is 5.91 Å². The molecule has 1 aromatic heterocycles. The SMILES string of the molecule is COc1ccc(-c2ccc(F)cc2)c(C(=O)N2CCCC2(C)c2nc3c(C)c(Cl)ccc3[nH]2)c1F. The van der Waals surface area contributed by atoms with Gasteiger partial charge in [-0.1, -0.05) is 23.7 Å². The molecule has 4 aromatic rings. The van der Waals surface area contributed by atoms with Gasteiger partial charge < -0.3 is 14.6 Å². The van der Waals surface area contributed by atoms with E-state index in [0.717, 1.165) is 23.0 Å². The van der Waals surface area contributed by atoms with E-state index in [-0.39, 0.29) is 11.3 Å². The second kappa shape index (κ2) is 8.64. The molecule has 1 N–H and O–H groups in total. The van der Waals surface area contributed by atoms with Gasteiger partial charge in [-0.2, -0.15) is 0 Å². The van der Waals surface area contributed by atoms with E-state index in [9.17, 15) is 9.18 Å². The predicted molar refractivity (Wildman–Crippen MR) is 132 cm³/mol. The number of rotatable bonds is 4. The molecule has 1 atom stereocenters. The van der Waals surface area contributed by atoms with Gasteiger partial charge in [0.05, 0.1) is 29.2 Å². The summed E-state index contributed by atoms with van der Waals surface area (Å²) in [6.45, 7) is 4.27. The summed E-state index contributed by atoms with van der Waals surface area (Å²) in [5.41, 5.74) is 2.42. The molecule has 3 aromatic carbocycles. The van der Waals surface area contributed by atoms with Crippen LogP contribution in [0.4, 0.5) is 8.78 Å². The van der Waals surface area contributed by atoms with Gasteiger partial charge in [0, 0.05) is 11.6 Å². The fourth-order valence-corrected chi connectivity index (χ4v) is 5.06. The number of ether oxygens (including phenoxy) is 1. The molecule has 1 fully saturated rings. The number of nitrogens with one attached hydrogen (secondary N) is 1. The highest BCUT2D eigenvalue weighted by Crippen LogP contribution is 2.41. The highest BCUT2D eigenvalue weighted by Gasteiger charge is 2.45. The number of benzene rings is 3. The molecule has 2 heterocycles. The molecule has 1 amide bonds. The van der Waals surface area contributed by atoms with Crippen LogP contribution < -0.4 is 4.74 Å². The van der Waals surface area contributed by atoms with E-state index in [1.54, 1.807) is 11.0 Å². The molecular formula is C27H24ClF2N3O2. The van der Waals surface area contributed by atoms with Crippen LogP contribution in [0.2, 0.25) is 5.02 Å². The number of nitrogens with zero attached hydrogens (tertiary/aromatic N) is 2. The molecule has 1 saturated heterocycles. The predicted octanol–water partition coefficient (Wildman–Crippen LogP) is 6.63. The monoisotopic (exact) mass is 495 g/mol. The second-order valence-corrected chi connectivity index (χ2v) is 9.41. The maximum Gasteiger partial charge on any atom is 0.258 e. The Hall–Kier alpha value is -3.45. The van der Waals surface area contributed by atoms with Crippen LogP contribution in [0.25, 0.3) is 22.2 Å². The highest BCUT2D eigenvalue weighted by atomic mass is 35.5.